The van der Waals surface area contributed by atoms with Crippen molar-refractivity contribution in [2.45, 2.75) is 44.9 Å². The number of hydrogen-bond acceptors (Lipinski definition) is 4. The van der Waals surface area contributed by atoms with Crippen LogP contribution in [0.25, 0.3) is 0 Å². The second-order valence-corrected chi connectivity index (χ2v) is 5.88. The summed E-state index contributed by atoms with van der Waals surface area (Å²) in [5.74, 6) is 0.627. The van der Waals surface area contributed by atoms with Crippen LogP contribution in [-0.2, 0) is 9.47 Å². The normalized spacial score (nSPS) is 35.0. The molecule has 0 saturated carbocycles. The van der Waals surface area contributed by atoms with E-state index in [1.165, 1.54) is 12.8 Å². The molecule has 2 aliphatic heterocycles. The number of hydrogen-bond donors (Lipinski definition) is 1. The van der Waals surface area contributed by atoms with Gasteiger partial charge in [0.2, 0.25) is 0 Å². The SMILES string of the molecule is CNCC1CN(C2CCOC(C(C)C)C2)CCO1. The Bertz CT molecular complexity index is 246. The van der Waals surface area contributed by atoms with Crippen molar-refractivity contribution in [2.24, 2.45) is 5.92 Å². The number of likely N-dealkylation sites (N-methyl/N-ethyl adjacent to an activating group) is 1. The summed E-state index contributed by atoms with van der Waals surface area (Å²) < 4.78 is 11.6. The Labute approximate surface area is 111 Å². The number of nitrogens with zero attached hydrogens (tertiary/aromatic N) is 1. The minimum atomic E-state index is 0.351. The number of ether oxygens (including phenoxy) is 2. The standard InChI is InChI=1S/C14H28N2O2/c1-11(2)14-8-12(4-6-18-14)16-5-7-17-13(10-16)9-15-3/h11-15H,4-10H2,1-3H3. The highest BCUT2D eigenvalue weighted by Gasteiger charge is 2.31. The molecule has 0 aromatic carbocycles. The van der Waals surface area contributed by atoms with Crippen molar-refractivity contribution in [1.82, 2.24) is 10.2 Å². The molecule has 2 aliphatic rings. The molecule has 0 amide bonds. The van der Waals surface area contributed by atoms with E-state index in [0.717, 1.165) is 32.8 Å². The first-order valence-electron chi connectivity index (χ1n) is 7.32. The summed E-state index contributed by atoms with van der Waals surface area (Å²) in [6.45, 7) is 9.41. The molecule has 2 rings (SSSR count). The number of rotatable bonds is 4. The lowest BCUT2D eigenvalue weighted by Gasteiger charge is -2.42. The molecule has 0 aromatic rings. The van der Waals surface area contributed by atoms with Gasteiger partial charge >= 0.3 is 0 Å². The fourth-order valence-electron chi connectivity index (χ4n) is 3.03. The van der Waals surface area contributed by atoms with E-state index >= 15 is 0 Å². The van der Waals surface area contributed by atoms with Gasteiger partial charge in [-0.25, -0.2) is 0 Å². The molecule has 0 bridgehead atoms. The quantitative estimate of drug-likeness (QED) is 0.817. The third-order valence-corrected chi connectivity index (χ3v) is 4.15. The van der Waals surface area contributed by atoms with Crippen LogP contribution in [0.15, 0.2) is 0 Å². The van der Waals surface area contributed by atoms with Crippen LogP contribution >= 0.6 is 0 Å². The highest BCUT2D eigenvalue weighted by molar-refractivity contribution is 4.84. The van der Waals surface area contributed by atoms with Crippen LogP contribution in [0.5, 0.6) is 0 Å². The maximum Gasteiger partial charge on any atom is 0.0826 e. The summed E-state index contributed by atoms with van der Waals surface area (Å²) in [7, 11) is 1.99. The summed E-state index contributed by atoms with van der Waals surface area (Å²) in [5.41, 5.74) is 0. The minimum absolute atomic E-state index is 0.351. The molecule has 4 heteroatoms. The molecule has 2 saturated heterocycles. The molecule has 0 aliphatic carbocycles. The van der Waals surface area contributed by atoms with E-state index in [1.807, 2.05) is 7.05 Å². The number of morpholine rings is 1. The van der Waals surface area contributed by atoms with Crippen LogP contribution < -0.4 is 5.32 Å². The molecule has 106 valence electrons. The third-order valence-electron chi connectivity index (χ3n) is 4.15. The maximum atomic E-state index is 5.86. The van der Waals surface area contributed by atoms with Crippen molar-refractivity contribution in [2.75, 3.05) is 39.9 Å². The topological polar surface area (TPSA) is 33.7 Å². The Kier molecular flexibility index (Phi) is 5.42. The van der Waals surface area contributed by atoms with Gasteiger partial charge in [0.15, 0.2) is 0 Å². The van der Waals surface area contributed by atoms with Gasteiger partial charge < -0.3 is 14.8 Å². The third kappa shape index (κ3) is 3.67. The first-order valence-corrected chi connectivity index (χ1v) is 7.32. The predicted molar refractivity (Wildman–Crippen MR) is 72.8 cm³/mol. The van der Waals surface area contributed by atoms with Gasteiger partial charge in [0, 0.05) is 32.3 Å². The zero-order valence-electron chi connectivity index (χ0n) is 12.0. The van der Waals surface area contributed by atoms with E-state index in [-0.39, 0.29) is 0 Å². The molecular formula is C14H28N2O2. The first-order chi connectivity index (χ1) is 8.70. The molecule has 2 fully saturated rings. The zero-order valence-corrected chi connectivity index (χ0v) is 12.0. The minimum Gasteiger partial charge on any atom is -0.378 e. The number of nitrogens with one attached hydrogen (secondary N) is 1. The average molecular weight is 256 g/mol. The van der Waals surface area contributed by atoms with E-state index < -0.39 is 0 Å². The fourth-order valence-corrected chi connectivity index (χ4v) is 3.03. The average Bonchev–Trinajstić information content (AvgIpc) is 2.39. The van der Waals surface area contributed by atoms with Crippen LogP contribution in [0.1, 0.15) is 26.7 Å². The Morgan fingerprint density at radius 2 is 2.11 bits per heavy atom. The van der Waals surface area contributed by atoms with Gasteiger partial charge in [-0.2, -0.15) is 0 Å². The van der Waals surface area contributed by atoms with E-state index in [4.69, 9.17) is 9.47 Å². The van der Waals surface area contributed by atoms with Crippen molar-refractivity contribution in [3.63, 3.8) is 0 Å². The van der Waals surface area contributed by atoms with Crippen LogP contribution in [0, 0.1) is 5.92 Å². The van der Waals surface area contributed by atoms with Gasteiger partial charge in [0.25, 0.3) is 0 Å². The highest BCUT2D eigenvalue weighted by Crippen LogP contribution is 2.25. The molecule has 0 radical (unpaired) electrons. The van der Waals surface area contributed by atoms with Crippen LogP contribution in [-0.4, -0.2) is 63.0 Å². The lowest BCUT2D eigenvalue weighted by molar-refractivity contribution is -0.0863. The molecule has 2 heterocycles. The molecule has 0 aromatic heterocycles. The molecule has 18 heavy (non-hydrogen) atoms. The summed E-state index contributed by atoms with van der Waals surface area (Å²) in [6, 6.07) is 0.689. The second kappa shape index (κ2) is 6.85. The Morgan fingerprint density at radius 3 is 2.83 bits per heavy atom. The van der Waals surface area contributed by atoms with Crippen molar-refractivity contribution in [3.05, 3.63) is 0 Å². The Hall–Kier alpha value is -0.160. The molecule has 0 spiro atoms. The molecule has 3 atom stereocenters. The van der Waals surface area contributed by atoms with Gasteiger partial charge in [0.1, 0.15) is 0 Å². The lowest BCUT2D eigenvalue weighted by Crippen LogP contribution is -2.52. The van der Waals surface area contributed by atoms with E-state index in [2.05, 4.69) is 24.1 Å². The van der Waals surface area contributed by atoms with Gasteiger partial charge in [-0.3, -0.25) is 4.90 Å². The highest BCUT2D eigenvalue weighted by atomic mass is 16.5. The van der Waals surface area contributed by atoms with E-state index in [9.17, 15) is 0 Å². The van der Waals surface area contributed by atoms with E-state index in [0.29, 0.717) is 24.2 Å². The summed E-state index contributed by atoms with van der Waals surface area (Å²) in [4.78, 5) is 2.61. The van der Waals surface area contributed by atoms with Gasteiger partial charge in [-0.15, -0.1) is 0 Å². The summed E-state index contributed by atoms with van der Waals surface area (Å²) in [6.07, 6.45) is 3.15. The lowest BCUT2D eigenvalue weighted by atomic mass is 9.94. The Balaban J connectivity index is 1.86. The van der Waals surface area contributed by atoms with Crippen molar-refractivity contribution in [3.8, 4) is 0 Å². The van der Waals surface area contributed by atoms with Crippen LogP contribution in [0.3, 0.4) is 0 Å². The smallest absolute Gasteiger partial charge is 0.0826 e. The van der Waals surface area contributed by atoms with Crippen molar-refractivity contribution < 1.29 is 9.47 Å². The van der Waals surface area contributed by atoms with E-state index in [1.54, 1.807) is 0 Å². The molecule has 3 unspecified atom stereocenters. The predicted octanol–water partition coefficient (Wildman–Crippen LogP) is 1.11. The maximum absolute atomic E-state index is 5.86. The molecular weight excluding hydrogens is 228 g/mol. The van der Waals surface area contributed by atoms with Crippen molar-refractivity contribution in [1.29, 1.82) is 0 Å². The molecule has 4 nitrogen and oxygen atoms in total. The Morgan fingerprint density at radius 1 is 1.28 bits per heavy atom. The molecule has 1 N–H and O–H groups in total. The zero-order chi connectivity index (χ0) is 13.0. The summed E-state index contributed by atoms with van der Waals surface area (Å²) in [5, 5.41) is 3.21. The monoisotopic (exact) mass is 256 g/mol. The van der Waals surface area contributed by atoms with Crippen molar-refractivity contribution >= 4 is 0 Å². The summed E-state index contributed by atoms with van der Waals surface area (Å²) >= 11 is 0. The van der Waals surface area contributed by atoms with Crippen LogP contribution in [0.4, 0.5) is 0 Å². The van der Waals surface area contributed by atoms with Crippen LogP contribution in [0.2, 0.25) is 0 Å². The van der Waals surface area contributed by atoms with Gasteiger partial charge in [-0.05, 0) is 25.8 Å². The fraction of sp³-hybridized carbons (Fsp3) is 1.00. The van der Waals surface area contributed by atoms with Gasteiger partial charge in [-0.1, -0.05) is 13.8 Å². The van der Waals surface area contributed by atoms with Gasteiger partial charge in [0.05, 0.1) is 18.8 Å². The first kappa shape index (κ1) is 14.3. The second-order valence-electron chi connectivity index (χ2n) is 5.88. The largest absolute Gasteiger partial charge is 0.378 e.